The van der Waals surface area contributed by atoms with Crippen LogP contribution in [0.3, 0.4) is 0 Å². The summed E-state index contributed by atoms with van der Waals surface area (Å²) in [6.45, 7) is 13.1. The lowest BCUT2D eigenvalue weighted by Crippen LogP contribution is -2.41. The lowest BCUT2D eigenvalue weighted by atomic mass is 10.3. The van der Waals surface area contributed by atoms with E-state index in [1.54, 1.807) is 4.13 Å². The Bertz CT molecular complexity index is 910. The van der Waals surface area contributed by atoms with Crippen molar-refractivity contribution in [3.63, 3.8) is 0 Å². The molecule has 0 saturated carbocycles. The average molecular weight is 606 g/mol. The van der Waals surface area contributed by atoms with Crippen molar-refractivity contribution in [2.45, 2.75) is 70.7 Å². The molecule has 0 spiro atoms. The largest absolute Gasteiger partial charge is 0.748 e. The molecule has 16 heteroatoms. The van der Waals surface area contributed by atoms with Gasteiger partial charge in [0.15, 0.2) is 10.0 Å². The Labute approximate surface area is 222 Å². The first-order valence-electron chi connectivity index (χ1n) is 12.3. The minimum atomic E-state index is -5.92. The Hall–Kier alpha value is -0.520. The van der Waals surface area contributed by atoms with Crippen LogP contribution in [0.4, 0.5) is 13.2 Å². The van der Waals surface area contributed by atoms with E-state index in [-0.39, 0.29) is 6.26 Å². The highest BCUT2D eigenvalue weighted by atomic mass is 32.3. The summed E-state index contributed by atoms with van der Waals surface area (Å²) < 4.78 is 106. The quantitative estimate of drug-likeness (QED) is 0.305. The zero-order valence-corrected chi connectivity index (χ0v) is 25.4. The van der Waals surface area contributed by atoms with Crippen LogP contribution in [0.2, 0.25) is 0 Å². The van der Waals surface area contributed by atoms with Gasteiger partial charge in [-0.15, -0.1) is 0 Å². The van der Waals surface area contributed by atoms with Crippen LogP contribution in [-0.4, -0.2) is 110 Å². The highest BCUT2D eigenvalue weighted by Crippen LogP contribution is 2.29. The molecule has 0 bridgehead atoms. The second-order valence-corrected chi connectivity index (χ2v) is 15.0. The van der Waals surface area contributed by atoms with E-state index in [9.17, 15) is 30.0 Å². The van der Waals surface area contributed by atoms with Crippen LogP contribution in [0.15, 0.2) is 0 Å². The van der Waals surface area contributed by atoms with Gasteiger partial charge in [0.25, 0.3) is 0 Å². The Morgan fingerprint density at radius 2 is 1.00 bits per heavy atom. The van der Waals surface area contributed by atoms with Gasteiger partial charge in [0.05, 0.1) is 73.5 Å². The number of hydrogen-bond donors (Lipinski definition) is 0. The second kappa shape index (κ2) is 16.6. The first-order valence-corrected chi connectivity index (χ1v) is 17.4. The summed E-state index contributed by atoms with van der Waals surface area (Å²) in [4.78, 5) is 0. The minimum absolute atomic E-state index is 0.246. The molecule has 0 atom stereocenters. The van der Waals surface area contributed by atoms with E-state index >= 15 is 0 Å². The number of alkyl halides is 3. The molecule has 0 radical (unpaired) electrons. The monoisotopic (exact) mass is 605 g/mol. The van der Waals surface area contributed by atoms with Crippen molar-refractivity contribution < 1.29 is 51.9 Å². The molecule has 0 aromatic carbocycles. The van der Waals surface area contributed by atoms with Crippen molar-refractivity contribution in [1.82, 2.24) is 0 Å². The van der Waals surface area contributed by atoms with Crippen LogP contribution >= 0.6 is 0 Å². The molecule has 0 aromatic rings. The molecule has 2 saturated heterocycles. The number of sulfonamides is 2. The number of nitrogens with zero attached hydrogens (tertiary/aromatic N) is 3. The van der Waals surface area contributed by atoms with E-state index in [1.807, 2.05) is 0 Å². The van der Waals surface area contributed by atoms with Gasteiger partial charge >= 0.3 is 5.51 Å². The molecule has 2 aliphatic heterocycles. The van der Waals surface area contributed by atoms with Crippen molar-refractivity contribution in [3.8, 4) is 0 Å². The maximum atomic E-state index is 11.4. The third-order valence-electron chi connectivity index (χ3n) is 5.92. The fraction of sp³-hybridized carbons (Fsp3) is 1.00. The topological polar surface area (TPSA) is 140 Å². The van der Waals surface area contributed by atoms with Crippen LogP contribution in [0.25, 0.3) is 4.13 Å². The Morgan fingerprint density at radius 3 is 1.16 bits per heavy atom. The third-order valence-corrected chi connectivity index (χ3v) is 8.37. The zero-order valence-electron chi connectivity index (χ0n) is 23.0. The van der Waals surface area contributed by atoms with Crippen molar-refractivity contribution in [1.29, 1.82) is 0 Å². The second-order valence-electron chi connectivity index (χ2n) is 10.1. The maximum Gasteiger partial charge on any atom is 0.480 e. The molecule has 10 nitrogen and oxygen atoms in total. The number of halogens is 3. The van der Waals surface area contributed by atoms with Crippen molar-refractivity contribution in [3.05, 3.63) is 4.13 Å². The highest BCUT2D eigenvalue weighted by Gasteiger charge is 2.40. The first-order chi connectivity index (χ1) is 16.5. The first kappa shape index (κ1) is 38.6. The predicted molar refractivity (Wildman–Crippen MR) is 139 cm³/mol. The smallest absolute Gasteiger partial charge is 0.480 e. The molecule has 2 fully saturated rings. The fourth-order valence-corrected chi connectivity index (χ4v) is 5.71. The number of rotatable bonds is 8. The minimum Gasteiger partial charge on any atom is -0.748 e. The summed E-state index contributed by atoms with van der Waals surface area (Å²) in [6, 6.07) is 0. The molecule has 37 heavy (non-hydrogen) atoms. The van der Waals surface area contributed by atoms with E-state index in [4.69, 9.17) is 13.0 Å². The molecule has 226 valence electrons. The van der Waals surface area contributed by atoms with Gasteiger partial charge in [-0.1, -0.05) is 26.7 Å². The molecule has 0 aliphatic carbocycles. The summed E-state index contributed by atoms with van der Waals surface area (Å²) in [7, 11) is -9.57. The molecule has 0 amide bonds. The fourth-order valence-electron chi connectivity index (χ4n) is 3.95. The van der Waals surface area contributed by atoms with Gasteiger partial charge in [0, 0.05) is 38.2 Å². The predicted octanol–water partition coefficient (Wildman–Crippen LogP) is 3.38. The van der Waals surface area contributed by atoms with Crippen molar-refractivity contribution in [2.75, 3.05) is 65.9 Å². The Morgan fingerprint density at radius 1 is 0.730 bits per heavy atom. The van der Waals surface area contributed by atoms with E-state index in [0.717, 1.165) is 0 Å². The third kappa shape index (κ3) is 22.0. The molecule has 2 heterocycles. The van der Waals surface area contributed by atoms with Gasteiger partial charge in [0.1, 0.15) is 0 Å². The molecule has 0 N–H and O–H groups in total. The van der Waals surface area contributed by atoms with Gasteiger partial charge in [-0.3, -0.25) is 0 Å². The standard InChI is InChI=1S/2C9H20N.C2H3F3NO4S2.CH4O3S/c2*1-3-4-7-10(2)8-5-6-9-10;1-11(7,8)6-12(9,10)2(3,4)5;1-5(2,3)4/h2*3-9H2,1-2H3;1H3;1H3,(H,2,3,4)/q2*+1;-1;/p-1. The molecule has 0 unspecified atom stereocenters. The summed E-state index contributed by atoms with van der Waals surface area (Å²) in [6.07, 6.45) is 12.2. The Balaban J connectivity index is 0. The summed E-state index contributed by atoms with van der Waals surface area (Å²) >= 11 is 0. The number of hydrogen-bond acceptors (Lipinski definition) is 7. The van der Waals surface area contributed by atoms with E-state index < -0.39 is 35.7 Å². The average Bonchev–Trinajstić information content (AvgIpc) is 3.31. The normalized spacial score (nSPS) is 19.0. The Kier molecular flexibility index (Phi) is 17.3. The molecule has 2 aliphatic rings. The number of unbranched alkanes of at least 4 members (excludes halogenated alkanes) is 2. The van der Waals surface area contributed by atoms with E-state index in [0.29, 0.717) is 6.26 Å². The zero-order chi connectivity index (χ0) is 29.6. The van der Waals surface area contributed by atoms with Crippen LogP contribution in [0.1, 0.15) is 65.2 Å². The van der Waals surface area contributed by atoms with Gasteiger partial charge in [-0.05, 0) is 12.8 Å². The van der Waals surface area contributed by atoms with Crippen LogP contribution in [-0.2, 0) is 30.2 Å². The SMILES string of the molecule is CCCC[N+]1(C)CCCC1.CCCC[N+]1(C)CCCC1.CS(=O)(=O)[N-]S(=O)(=O)C(F)(F)F.CS(=O)(=O)[O-]. The van der Waals surface area contributed by atoms with Crippen LogP contribution in [0.5, 0.6) is 0 Å². The van der Waals surface area contributed by atoms with Gasteiger partial charge < -0.3 is 17.6 Å². The van der Waals surface area contributed by atoms with Gasteiger partial charge in [-0.2, -0.15) is 13.2 Å². The molecular formula is C21H46F3N3O7S3. The lowest BCUT2D eigenvalue weighted by Gasteiger charge is -2.28. The van der Waals surface area contributed by atoms with Gasteiger partial charge in [0.2, 0.25) is 0 Å². The van der Waals surface area contributed by atoms with Gasteiger partial charge in [-0.25, -0.2) is 25.3 Å². The maximum absolute atomic E-state index is 11.4. The summed E-state index contributed by atoms with van der Waals surface area (Å²) in [5.41, 5.74) is -5.67. The number of quaternary nitrogens is 2. The lowest BCUT2D eigenvalue weighted by molar-refractivity contribution is -0.897. The van der Waals surface area contributed by atoms with Crippen molar-refractivity contribution >= 4 is 30.2 Å². The molecule has 2 rings (SSSR count). The van der Waals surface area contributed by atoms with E-state index in [2.05, 4.69) is 27.9 Å². The van der Waals surface area contributed by atoms with Crippen molar-refractivity contribution in [2.24, 2.45) is 0 Å². The molecule has 0 aromatic heterocycles. The summed E-state index contributed by atoms with van der Waals surface area (Å²) in [5, 5.41) is 0. The highest BCUT2D eigenvalue weighted by molar-refractivity contribution is 8.12. The van der Waals surface area contributed by atoms with E-state index in [1.165, 1.54) is 99.6 Å². The summed E-state index contributed by atoms with van der Waals surface area (Å²) in [5.74, 6) is 0. The van der Waals surface area contributed by atoms with Crippen LogP contribution in [0, 0.1) is 0 Å². The molecular weight excluding hydrogens is 559 g/mol. The van der Waals surface area contributed by atoms with Crippen LogP contribution < -0.4 is 0 Å². The number of likely N-dealkylation sites (tertiary alicyclic amines) is 2.